The summed E-state index contributed by atoms with van der Waals surface area (Å²) in [5.41, 5.74) is 1.88. The van der Waals surface area contributed by atoms with Crippen molar-refractivity contribution >= 4 is 49.9 Å². The number of halogens is 2. The highest BCUT2D eigenvalue weighted by molar-refractivity contribution is 7.91. The fourth-order valence-electron chi connectivity index (χ4n) is 5.10. The van der Waals surface area contributed by atoms with E-state index in [0.29, 0.717) is 37.0 Å². The zero-order valence-electron chi connectivity index (χ0n) is 25.5. The highest BCUT2D eigenvalue weighted by Crippen LogP contribution is 2.31. The molecule has 0 radical (unpaired) electrons. The Kier molecular flexibility index (Phi) is 9.84. The number of hydrogen-bond acceptors (Lipinski definition) is 10. The van der Waals surface area contributed by atoms with Gasteiger partial charge in [0.2, 0.25) is 9.84 Å². The van der Waals surface area contributed by atoms with Gasteiger partial charge in [-0.05, 0) is 62.5 Å². The number of aromatic nitrogens is 2. The van der Waals surface area contributed by atoms with E-state index < -0.39 is 38.4 Å². The van der Waals surface area contributed by atoms with Crippen molar-refractivity contribution in [2.75, 3.05) is 75.6 Å². The lowest BCUT2D eigenvalue weighted by Crippen LogP contribution is -2.44. The number of piperazine rings is 1. The number of carbonyl (C=O) groups excluding carboxylic acids is 2. The predicted octanol–water partition coefficient (Wildman–Crippen LogP) is 4.21. The molecule has 15 heteroatoms. The smallest absolute Gasteiger partial charge is 0.435 e. The van der Waals surface area contributed by atoms with Crippen LogP contribution in [0.15, 0.2) is 64.4 Å². The molecule has 1 aromatic heterocycles. The molecule has 2 heterocycles. The minimum absolute atomic E-state index is 0.0373. The van der Waals surface area contributed by atoms with E-state index in [9.17, 15) is 26.8 Å². The van der Waals surface area contributed by atoms with Gasteiger partial charge in [-0.2, -0.15) is 4.68 Å². The third-order valence-electron chi connectivity index (χ3n) is 7.52. The normalized spacial score (nSPS) is 14.0. The summed E-state index contributed by atoms with van der Waals surface area (Å²) in [5, 5.41) is 10.3. The van der Waals surface area contributed by atoms with Crippen LogP contribution in [0, 0.1) is 11.6 Å². The van der Waals surface area contributed by atoms with Crippen LogP contribution in [-0.4, -0.2) is 95.2 Å². The summed E-state index contributed by atoms with van der Waals surface area (Å²) in [5.74, 6) is -2.82. The molecule has 46 heavy (non-hydrogen) atoms. The molecular formula is C31H34F2N6O6S. The molecule has 0 bridgehead atoms. The lowest BCUT2D eigenvalue weighted by atomic mass is 10.1. The maximum Gasteiger partial charge on any atom is 0.435 e. The molecule has 1 aliphatic rings. The third kappa shape index (κ3) is 6.95. The number of anilines is 3. The lowest BCUT2D eigenvalue weighted by Gasteiger charge is -2.34. The van der Waals surface area contributed by atoms with Crippen LogP contribution in [0.1, 0.15) is 17.3 Å². The average molecular weight is 657 g/mol. The Morgan fingerprint density at radius 1 is 0.957 bits per heavy atom. The summed E-state index contributed by atoms with van der Waals surface area (Å²) in [4.78, 5) is 30.0. The van der Waals surface area contributed by atoms with Gasteiger partial charge in [-0.1, -0.05) is 0 Å². The van der Waals surface area contributed by atoms with Gasteiger partial charge in [0.25, 0.3) is 5.91 Å². The number of rotatable bonds is 10. The topological polar surface area (TPSA) is 135 Å². The van der Waals surface area contributed by atoms with Crippen LogP contribution in [0.3, 0.4) is 0 Å². The van der Waals surface area contributed by atoms with Crippen molar-refractivity contribution in [1.82, 2.24) is 14.7 Å². The number of methoxy groups -OCH3 is 1. The van der Waals surface area contributed by atoms with Crippen LogP contribution in [0.5, 0.6) is 0 Å². The van der Waals surface area contributed by atoms with Crippen molar-refractivity contribution in [2.45, 2.75) is 16.7 Å². The summed E-state index contributed by atoms with van der Waals surface area (Å²) in [6.45, 7) is 5.91. The second-order valence-corrected chi connectivity index (χ2v) is 12.6. The number of ether oxygens (including phenoxy) is 2. The van der Waals surface area contributed by atoms with Crippen molar-refractivity contribution in [3.8, 4) is 0 Å². The average Bonchev–Trinajstić information content (AvgIpc) is 3.38. The van der Waals surface area contributed by atoms with Gasteiger partial charge >= 0.3 is 6.09 Å². The van der Waals surface area contributed by atoms with E-state index in [4.69, 9.17) is 9.47 Å². The minimum atomic E-state index is -4.41. The molecule has 0 atom stereocenters. The summed E-state index contributed by atoms with van der Waals surface area (Å²) < 4.78 is 65.7. The molecular weight excluding hydrogens is 622 g/mol. The molecule has 0 spiro atoms. The molecule has 1 fully saturated rings. The molecule has 4 aromatic rings. The van der Waals surface area contributed by atoms with Crippen LogP contribution >= 0.6 is 0 Å². The number of nitrogens with one attached hydrogen (secondary N) is 2. The molecule has 1 aliphatic heterocycles. The van der Waals surface area contributed by atoms with Crippen molar-refractivity contribution in [3.63, 3.8) is 0 Å². The number of fused-ring (bicyclic) bond motifs is 1. The Labute approximate surface area is 264 Å². The van der Waals surface area contributed by atoms with Gasteiger partial charge in [-0.15, -0.1) is 5.10 Å². The Hall–Kier alpha value is -4.60. The zero-order chi connectivity index (χ0) is 33.0. The SMILES string of the molecule is CCOC(=O)n1nc(NC(=O)c2ccc(N3CCN(C)CC3)cc2NCCOC)c2cc(S(=O)(=O)c3cc(F)cc(F)c3)ccc21. The standard InChI is InChI=1S/C31H34F2N6O6S/c1-4-45-31(41)39-28-8-6-23(46(42,43)24-16-20(32)15-21(33)17-24)19-26(28)29(36-39)35-30(40)25-7-5-22(18-27(25)34-9-14-44-3)38-12-10-37(2)11-13-38/h5-8,15-19,34H,4,9-14H2,1-3H3,(H,35,36,40). The summed E-state index contributed by atoms with van der Waals surface area (Å²) in [6.07, 6.45) is -0.853. The Balaban J connectivity index is 1.54. The molecule has 1 saturated heterocycles. The molecule has 0 aliphatic carbocycles. The van der Waals surface area contributed by atoms with E-state index in [0.717, 1.165) is 36.5 Å². The van der Waals surface area contributed by atoms with E-state index >= 15 is 0 Å². The number of likely N-dealkylation sites (N-methyl/N-ethyl adjacent to an activating group) is 1. The van der Waals surface area contributed by atoms with Gasteiger partial charge in [0.15, 0.2) is 5.82 Å². The number of carbonyl (C=O) groups is 2. The van der Waals surface area contributed by atoms with E-state index in [-0.39, 0.29) is 33.8 Å². The second-order valence-electron chi connectivity index (χ2n) is 10.6. The van der Waals surface area contributed by atoms with Crippen LogP contribution in [0.25, 0.3) is 10.9 Å². The highest BCUT2D eigenvalue weighted by Gasteiger charge is 2.25. The van der Waals surface area contributed by atoms with Gasteiger partial charge < -0.3 is 29.9 Å². The van der Waals surface area contributed by atoms with Crippen LogP contribution < -0.4 is 15.5 Å². The van der Waals surface area contributed by atoms with E-state index in [2.05, 4.69) is 32.6 Å². The largest absolute Gasteiger partial charge is 0.448 e. The van der Waals surface area contributed by atoms with Gasteiger partial charge in [0.05, 0.1) is 34.1 Å². The summed E-state index contributed by atoms with van der Waals surface area (Å²) in [6, 6.07) is 11.0. The van der Waals surface area contributed by atoms with Crippen LogP contribution in [-0.2, 0) is 19.3 Å². The van der Waals surface area contributed by atoms with Crippen molar-refractivity contribution in [2.24, 2.45) is 0 Å². The Morgan fingerprint density at radius 3 is 2.35 bits per heavy atom. The number of hydrogen-bond donors (Lipinski definition) is 2. The predicted molar refractivity (Wildman–Crippen MR) is 168 cm³/mol. The summed E-state index contributed by atoms with van der Waals surface area (Å²) >= 11 is 0. The van der Waals surface area contributed by atoms with Gasteiger partial charge in [0, 0.05) is 62.7 Å². The highest BCUT2D eigenvalue weighted by atomic mass is 32.2. The van der Waals surface area contributed by atoms with E-state index in [1.165, 1.54) is 18.2 Å². The Morgan fingerprint density at radius 2 is 1.67 bits per heavy atom. The van der Waals surface area contributed by atoms with Gasteiger partial charge in [-0.3, -0.25) is 4.79 Å². The maximum atomic E-state index is 13.9. The quantitative estimate of drug-likeness (QED) is 0.239. The molecule has 0 unspecified atom stereocenters. The molecule has 3 aromatic carbocycles. The second kappa shape index (κ2) is 13.8. The first-order chi connectivity index (χ1) is 22.0. The molecule has 12 nitrogen and oxygen atoms in total. The van der Waals surface area contributed by atoms with Crippen molar-refractivity contribution in [3.05, 3.63) is 71.8 Å². The molecule has 244 valence electrons. The van der Waals surface area contributed by atoms with E-state index in [1.54, 1.807) is 20.1 Å². The Bertz CT molecular complexity index is 1850. The maximum absolute atomic E-state index is 13.9. The molecule has 5 rings (SSSR count). The first-order valence-electron chi connectivity index (χ1n) is 14.5. The van der Waals surface area contributed by atoms with E-state index in [1.807, 2.05) is 12.1 Å². The van der Waals surface area contributed by atoms with Crippen LogP contribution in [0.2, 0.25) is 0 Å². The number of nitrogens with zero attached hydrogens (tertiary/aromatic N) is 4. The third-order valence-corrected chi connectivity index (χ3v) is 9.25. The number of sulfone groups is 1. The first-order valence-corrected chi connectivity index (χ1v) is 16.0. The van der Waals surface area contributed by atoms with Crippen LogP contribution in [0.4, 0.5) is 30.8 Å². The fourth-order valence-corrected chi connectivity index (χ4v) is 6.43. The monoisotopic (exact) mass is 656 g/mol. The zero-order valence-corrected chi connectivity index (χ0v) is 26.4. The lowest BCUT2D eigenvalue weighted by molar-refractivity contribution is 0.102. The number of amides is 1. The minimum Gasteiger partial charge on any atom is -0.448 e. The molecule has 0 saturated carbocycles. The molecule has 1 amide bonds. The number of benzene rings is 3. The van der Waals surface area contributed by atoms with Gasteiger partial charge in [-0.25, -0.2) is 22.0 Å². The summed E-state index contributed by atoms with van der Waals surface area (Å²) in [7, 11) is -0.774. The first kappa shape index (κ1) is 32.8. The van der Waals surface area contributed by atoms with Gasteiger partial charge in [0.1, 0.15) is 11.6 Å². The van der Waals surface area contributed by atoms with Crippen molar-refractivity contribution < 1.29 is 36.3 Å². The van der Waals surface area contributed by atoms with Crippen molar-refractivity contribution in [1.29, 1.82) is 0 Å². The fraction of sp³-hybridized carbons (Fsp3) is 0.323. The molecule has 2 N–H and O–H groups in total.